The van der Waals surface area contributed by atoms with Crippen LogP contribution in [0.5, 0.6) is 0 Å². The van der Waals surface area contributed by atoms with Crippen LogP contribution in [-0.2, 0) is 0 Å². The summed E-state index contributed by atoms with van der Waals surface area (Å²) in [7, 11) is 0. The van der Waals surface area contributed by atoms with E-state index in [2.05, 4.69) is 0 Å². The molecule has 0 fully saturated rings. The summed E-state index contributed by atoms with van der Waals surface area (Å²) in [4.78, 5) is 11.9. The van der Waals surface area contributed by atoms with Gasteiger partial charge in [-0.1, -0.05) is 65.7 Å². The number of carbonyl (C=O) groups is 1. The number of allylic oxidation sites excluding steroid dienone is 1. The first-order chi connectivity index (χ1) is 8.65. The Labute approximate surface area is 108 Å². The molecular formula is C17H16O. The minimum absolute atomic E-state index is 0.0376. The Balaban J connectivity index is 2.11. The van der Waals surface area contributed by atoms with Gasteiger partial charge in [-0.25, -0.2) is 0 Å². The van der Waals surface area contributed by atoms with E-state index in [1.54, 1.807) is 6.08 Å². The molecule has 0 spiro atoms. The summed E-state index contributed by atoms with van der Waals surface area (Å²) in [6.45, 7) is 4.06. The summed E-state index contributed by atoms with van der Waals surface area (Å²) in [6.07, 6.45) is 3.47. The van der Waals surface area contributed by atoms with Gasteiger partial charge in [-0.15, -0.1) is 0 Å². The van der Waals surface area contributed by atoms with Crippen molar-refractivity contribution >= 4 is 11.9 Å². The minimum Gasteiger partial charge on any atom is -0.289 e. The average Bonchev–Trinajstić information content (AvgIpc) is 2.38. The number of aryl methyl sites for hydroxylation is 2. The molecule has 0 heterocycles. The number of benzene rings is 2. The predicted octanol–water partition coefficient (Wildman–Crippen LogP) is 4.20. The van der Waals surface area contributed by atoms with Crippen LogP contribution in [0.2, 0.25) is 0 Å². The van der Waals surface area contributed by atoms with E-state index in [9.17, 15) is 4.79 Å². The fraction of sp³-hybridized carbons (Fsp3) is 0.118. The first-order valence-corrected chi connectivity index (χ1v) is 6.01. The van der Waals surface area contributed by atoms with Gasteiger partial charge in [0.2, 0.25) is 0 Å². The molecule has 0 atom stereocenters. The zero-order valence-corrected chi connectivity index (χ0v) is 10.7. The molecular weight excluding hydrogens is 220 g/mol. The van der Waals surface area contributed by atoms with E-state index in [1.807, 2.05) is 68.5 Å². The van der Waals surface area contributed by atoms with Gasteiger partial charge in [0, 0.05) is 5.56 Å². The Morgan fingerprint density at radius 2 is 1.33 bits per heavy atom. The third kappa shape index (κ3) is 3.17. The van der Waals surface area contributed by atoms with Crippen LogP contribution >= 0.6 is 0 Å². The van der Waals surface area contributed by atoms with Gasteiger partial charge in [-0.05, 0) is 25.5 Å². The first-order valence-electron chi connectivity index (χ1n) is 6.01. The van der Waals surface area contributed by atoms with Crippen molar-refractivity contribution in [1.29, 1.82) is 0 Å². The lowest BCUT2D eigenvalue weighted by molar-refractivity contribution is 0.104. The summed E-state index contributed by atoms with van der Waals surface area (Å²) in [5, 5.41) is 0. The van der Waals surface area contributed by atoms with Crippen molar-refractivity contribution in [2.45, 2.75) is 13.8 Å². The quantitative estimate of drug-likeness (QED) is 0.576. The molecule has 0 aliphatic heterocycles. The lowest BCUT2D eigenvalue weighted by Gasteiger charge is -1.97. The molecule has 0 saturated carbocycles. The van der Waals surface area contributed by atoms with Crippen LogP contribution in [0, 0.1) is 13.8 Å². The summed E-state index contributed by atoms with van der Waals surface area (Å²) in [6, 6.07) is 15.7. The molecule has 0 bridgehead atoms. The van der Waals surface area contributed by atoms with E-state index in [0.717, 1.165) is 16.7 Å². The van der Waals surface area contributed by atoms with Crippen molar-refractivity contribution in [3.8, 4) is 0 Å². The Morgan fingerprint density at radius 3 is 1.89 bits per heavy atom. The van der Waals surface area contributed by atoms with Gasteiger partial charge in [0.1, 0.15) is 0 Å². The lowest BCUT2D eigenvalue weighted by Crippen LogP contribution is -1.93. The van der Waals surface area contributed by atoms with E-state index in [0.29, 0.717) is 0 Å². The molecule has 18 heavy (non-hydrogen) atoms. The van der Waals surface area contributed by atoms with Gasteiger partial charge in [-0.3, -0.25) is 4.79 Å². The molecule has 0 unspecified atom stereocenters. The van der Waals surface area contributed by atoms with Crippen LogP contribution in [0.4, 0.5) is 0 Å². The maximum absolute atomic E-state index is 11.9. The van der Waals surface area contributed by atoms with Crippen molar-refractivity contribution in [3.63, 3.8) is 0 Å². The number of ketones is 1. The molecule has 2 rings (SSSR count). The molecule has 0 aliphatic rings. The van der Waals surface area contributed by atoms with E-state index >= 15 is 0 Å². The van der Waals surface area contributed by atoms with Crippen molar-refractivity contribution in [2.24, 2.45) is 0 Å². The highest BCUT2D eigenvalue weighted by Crippen LogP contribution is 2.08. The van der Waals surface area contributed by atoms with E-state index in [-0.39, 0.29) is 5.78 Å². The van der Waals surface area contributed by atoms with Gasteiger partial charge in [0.25, 0.3) is 0 Å². The normalized spacial score (nSPS) is 10.8. The van der Waals surface area contributed by atoms with Gasteiger partial charge >= 0.3 is 0 Å². The van der Waals surface area contributed by atoms with Crippen molar-refractivity contribution < 1.29 is 4.79 Å². The SMILES string of the molecule is Cc1ccc(C=CC(=O)c2ccc(C)cc2)cc1. The van der Waals surface area contributed by atoms with Crippen LogP contribution in [0.3, 0.4) is 0 Å². The monoisotopic (exact) mass is 236 g/mol. The molecule has 1 heteroatoms. The number of carbonyl (C=O) groups excluding carboxylic acids is 1. The highest BCUT2D eigenvalue weighted by molar-refractivity contribution is 6.06. The Hall–Kier alpha value is -2.15. The Kier molecular flexibility index (Phi) is 3.73. The largest absolute Gasteiger partial charge is 0.289 e. The fourth-order valence-electron chi connectivity index (χ4n) is 1.66. The third-order valence-electron chi connectivity index (χ3n) is 2.84. The molecule has 90 valence electrons. The average molecular weight is 236 g/mol. The van der Waals surface area contributed by atoms with Gasteiger partial charge in [-0.2, -0.15) is 0 Å². The van der Waals surface area contributed by atoms with Gasteiger partial charge in [0.15, 0.2) is 5.78 Å². The molecule has 0 aliphatic carbocycles. The van der Waals surface area contributed by atoms with E-state index < -0.39 is 0 Å². The number of hydrogen-bond donors (Lipinski definition) is 0. The molecule has 2 aromatic carbocycles. The maximum Gasteiger partial charge on any atom is 0.185 e. The second-order valence-electron chi connectivity index (χ2n) is 4.47. The number of rotatable bonds is 3. The van der Waals surface area contributed by atoms with Crippen LogP contribution in [0.1, 0.15) is 27.0 Å². The standard InChI is InChI=1S/C17H16O/c1-13-3-7-15(8-4-13)9-12-17(18)16-10-5-14(2)6-11-16/h3-12H,1-2H3. The smallest absolute Gasteiger partial charge is 0.185 e. The zero-order valence-electron chi connectivity index (χ0n) is 10.7. The molecule has 2 aromatic rings. The zero-order chi connectivity index (χ0) is 13.0. The topological polar surface area (TPSA) is 17.1 Å². The summed E-state index contributed by atoms with van der Waals surface area (Å²) < 4.78 is 0. The van der Waals surface area contributed by atoms with E-state index in [4.69, 9.17) is 0 Å². The van der Waals surface area contributed by atoms with Crippen LogP contribution in [0.15, 0.2) is 54.6 Å². The molecule has 0 amide bonds. The number of hydrogen-bond acceptors (Lipinski definition) is 1. The third-order valence-corrected chi connectivity index (χ3v) is 2.84. The summed E-state index contributed by atoms with van der Waals surface area (Å²) in [5.74, 6) is 0.0376. The van der Waals surface area contributed by atoms with Crippen LogP contribution in [0.25, 0.3) is 6.08 Å². The Morgan fingerprint density at radius 1 is 0.833 bits per heavy atom. The van der Waals surface area contributed by atoms with Gasteiger partial charge in [0.05, 0.1) is 0 Å². The first kappa shape index (κ1) is 12.3. The molecule has 0 radical (unpaired) electrons. The van der Waals surface area contributed by atoms with Crippen molar-refractivity contribution in [1.82, 2.24) is 0 Å². The second-order valence-corrected chi connectivity index (χ2v) is 4.47. The maximum atomic E-state index is 11.9. The molecule has 0 aromatic heterocycles. The van der Waals surface area contributed by atoms with Crippen LogP contribution < -0.4 is 0 Å². The second kappa shape index (κ2) is 5.46. The molecule has 0 saturated heterocycles. The van der Waals surface area contributed by atoms with E-state index in [1.165, 1.54) is 5.56 Å². The summed E-state index contributed by atoms with van der Waals surface area (Å²) >= 11 is 0. The molecule has 0 N–H and O–H groups in total. The van der Waals surface area contributed by atoms with Gasteiger partial charge < -0.3 is 0 Å². The predicted molar refractivity (Wildman–Crippen MR) is 75.7 cm³/mol. The highest BCUT2D eigenvalue weighted by Gasteiger charge is 2.00. The highest BCUT2D eigenvalue weighted by atomic mass is 16.1. The Bertz CT molecular complexity index is 560. The minimum atomic E-state index is 0.0376. The van der Waals surface area contributed by atoms with Crippen molar-refractivity contribution in [2.75, 3.05) is 0 Å². The fourth-order valence-corrected chi connectivity index (χ4v) is 1.66. The summed E-state index contributed by atoms with van der Waals surface area (Å²) in [5.41, 5.74) is 4.15. The van der Waals surface area contributed by atoms with Crippen molar-refractivity contribution in [3.05, 3.63) is 76.9 Å². The van der Waals surface area contributed by atoms with Crippen LogP contribution in [-0.4, -0.2) is 5.78 Å². The molecule has 1 nitrogen and oxygen atoms in total. The lowest BCUT2D eigenvalue weighted by atomic mass is 10.1.